The van der Waals surface area contributed by atoms with Gasteiger partial charge in [0, 0.05) is 17.8 Å². The second-order valence-corrected chi connectivity index (χ2v) is 5.19. The number of aromatic amines is 1. The molecule has 5 heteroatoms. The predicted molar refractivity (Wildman–Crippen MR) is 79.3 cm³/mol. The fourth-order valence-electron chi connectivity index (χ4n) is 2.78. The molecule has 1 aromatic carbocycles. The molecule has 2 N–H and O–H groups in total. The summed E-state index contributed by atoms with van der Waals surface area (Å²) in [6.45, 7) is 0. The maximum atomic E-state index is 13.9. The topological polar surface area (TPSA) is 54.1 Å². The van der Waals surface area contributed by atoms with E-state index in [-0.39, 0.29) is 17.4 Å². The van der Waals surface area contributed by atoms with Gasteiger partial charge in [-0.15, -0.1) is 0 Å². The van der Waals surface area contributed by atoms with E-state index >= 15 is 0 Å². The lowest BCUT2D eigenvalue weighted by Crippen LogP contribution is -2.22. The van der Waals surface area contributed by atoms with Gasteiger partial charge in [0.2, 0.25) is 5.56 Å². The molecule has 0 amide bonds. The normalized spacial score (nSPS) is 17.1. The van der Waals surface area contributed by atoms with Crippen molar-refractivity contribution >= 4 is 5.69 Å². The van der Waals surface area contributed by atoms with E-state index in [9.17, 15) is 9.18 Å². The minimum atomic E-state index is -0.313. The van der Waals surface area contributed by atoms with Gasteiger partial charge in [-0.3, -0.25) is 4.79 Å². The molecule has 1 aliphatic carbocycles. The molecule has 0 spiro atoms. The first-order valence-corrected chi connectivity index (χ1v) is 6.99. The van der Waals surface area contributed by atoms with E-state index in [0.29, 0.717) is 11.4 Å². The molecule has 110 valence electrons. The van der Waals surface area contributed by atoms with Gasteiger partial charge in [0.05, 0.1) is 18.8 Å². The first-order valence-electron chi connectivity index (χ1n) is 6.99. The number of H-pyrrole nitrogens is 1. The first kappa shape index (κ1) is 13.7. The van der Waals surface area contributed by atoms with Crippen LogP contribution in [-0.4, -0.2) is 12.1 Å². The summed E-state index contributed by atoms with van der Waals surface area (Å²) in [5.74, 6) is 0.295. The predicted octanol–water partition coefficient (Wildman–Crippen LogP) is 3.01. The fourth-order valence-corrected chi connectivity index (χ4v) is 2.78. The number of hydrogen-bond acceptors (Lipinski definition) is 3. The van der Waals surface area contributed by atoms with Crippen LogP contribution in [0.2, 0.25) is 0 Å². The summed E-state index contributed by atoms with van der Waals surface area (Å²) in [6, 6.07) is 7.95. The van der Waals surface area contributed by atoms with E-state index in [1.165, 1.54) is 12.1 Å². The second kappa shape index (κ2) is 5.60. The van der Waals surface area contributed by atoms with Crippen LogP contribution >= 0.6 is 0 Å². The largest absolute Gasteiger partial charge is 0.497 e. The average Bonchev–Trinajstić information content (AvgIpc) is 2.49. The Morgan fingerprint density at radius 1 is 1.33 bits per heavy atom. The van der Waals surface area contributed by atoms with Crippen molar-refractivity contribution in [3.05, 3.63) is 57.8 Å². The van der Waals surface area contributed by atoms with Crippen molar-refractivity contribution in [3.8, 4) is 5.75 Å². The average molecular weight is 288 g/mol. The van der Waals surface area contributed by atoms with Crippen molar-refractivity contribution in [2.24, 2.45) is 0 Å². The van der Waals surface area contributed by atoms with Gasteiger partial charge in [-0.2, -0.15) is 0 Å². The minimum Gasteiger partial charge on any atom is -0.497 e. The number of aryl methyl sites for hydroxylation is 1. The number of halogens is 1. The standard InChI is InChI=1S/C16H17FN2O2/c1-21-10-5-7-12(17)15(9-10)18-13-3-2-4-14-11(13)6-8-16(20)19-14/h5-9,13,18H,2-4H2,1H3,(H,19,20). The van der Waals surface area contributed by atoms with Crippen LogP contribution in [0.5, 0.6) is 5.75 Å². The Balaban J connectivity index is 1.92. The molecule has 1 atom stereocenters. The number of rotatable bonds is 3. The maximum Gasteiger partial charge on any atom is 0.248 e. The molecule has 4 nitrogen and oxygen atoms in total. The maximum absolute atomic E-state index is 13.9. The Hall–Kier alpha value is -2.30. The van der Waals surface area contributed by atoms with Gasteiger partial charge in [-0.05, 0) is 43.0 Å². The number of aromatic nitrogens is 1. The van der Waals surface area contributed by atoms with Crippen molar-refractivity contribution in [3.63, 3.8) is 0 Å². The highest BCUT2D eigenvalue weighted by molar-refractivity contribution is 5.51. The molecule has 0 fully saturated rings. The van der Waals surface area contributed by atoms with Gasteiger partial charge in [0.15, 0.2) is 0 Å². The molecular weight excluding hydrogens is 271 g/mol. The lowest BCUT2D eigenvalue weighted by molar-refractivity contribution is 0.414. The number of methoxy groups -OCH3 is 1. The summed E-state index contributed by atoms with van der Waals surface area (Å²) >= 11 is 0. The van der Waals surface area contributed by atoms with Crippen LogP contribution in [0, 0.1) is 5.82 Å². The lowest BCUT2D eigenvalue weighted by atomic mass is 9.91. The van der Waals surface area contributed by atoms with Gasteiger partial charge in [-0.25, -0.2) is 4.39 Å². The van der Waals surface area contributed by atoms with Gasteiger partial charge in [0.25, 0.3) is 0 Å². The zero-order valence-electron chi connectivity index (χ0n) is 11.8. The fraction of sp³-hybridized carbons (Fsp3) is 0.312. The third-order valence-electron chi connectivity index (χ3n) is 3.84. The molecule has 1 heterocycles. The van der Waals surface area contributed by atoms with E-state index < -0.39 is 0 Å². The van der Waals surface area contributed by atoms with Crippen LogP contribution < -0.4 is 15.6 Å². The smallest absolute Gasteiger partial charge is 0.248 e. The summed E-state index contributed by atoms with van der Waals surface area (Å²) in [5, 5.41) is 3.22. The number of pyridine rings is 1. The van der Waals surface area contributed by atoms with Gasteiger partial charge in [-0.1, -0.05) is 0 Å². The lowest BCUT2D eigenvalue weighted by Gasteiger charge is -2.27. The molecule has 0 bridgehead atoms. The third-order valence-corrected chi connectivity index (χ3v) is 3.84. The summed E-state index contributed by atoms with van der Waals surface area (Å²) < 4.78 is 19.1. The first-order chi connectivity index (χ1) is 10.2. The Morgan fingerprint density at radius 2 is 2.19 bits per heavy atom. The van der Waals surface area contributed by atoms with Crippen molar-refractivity contribution in [1.82, 2.24) is 4.98 Å². The molecule has 0 aliphatic heterocycles. The number of anilines is 1. The number of ether oxygens (including phenoxy) is 1. The molecule has 2 aromatic rings. The highest BCUT2D eigenvalue weighted by atomic mass is 19.1. The number of benzene rings is 1. The van der Waals surface area contributed by atoms with Crippen LogP contribution in [0.3, 0.4) is 0 Å². The van der Waals surface area contributed by atoms with E-state index in [0.717, 1.165) is 30.5 Å². The summed E-state index contributed by atoms with van der Waals surface area (Å²) in [5.41, 5.74) is 2.29. The molecule has 3 rings (SSSR count). The van der Waals surface area contributed by atoms with Crippen LogP contribution in [-0.2, 0) is 6.42 Å². The SMILES string of the molecule is COc1ccc(F)c(NC2CCCc3[nH]c(=O)ccc32)c1. The molecule has 21 heavy (non-hydrogen) atoms. The molecule has 1 aromatic heterocycles. The molecule has 0 radical (unpaired) electrons. The van der Waals surface area contributed by atoms with Crippen LogP contribution in [0.4, 0.5) is 10.1 Å². The van der Waals surface area contributed by atoms with Gasteiger partial charge in [0.1, 0.15) is 11.6 Å². The van der Waals surface area contributed by atoms with E-state index in [1.54, 1.807) is 19.2 Å². The van der Waals surface area contributed by atoms with Crippen molar-refractivity contribution in [1.29, 1.82) is 0 Å². The Morgan fingerprint density at radius 3 is 3.00 bits per heavy atom. The second-order valence-electron chi connectivity index (χ2n) is 5.19. The Kier molecular flexibility index (Phi) is 3.64. The molecule has 0 saturated carbocycles. The number of hydrogen-bond donors (Lipinski definition) is 2. The highest BCUT2D eigenvalue weighted by Gasteiger charge is 2.21. The highest BCUT2D eigenvalue weighted by Crippen LogP contribution is 2.32. The third kappa shape index (κ3) is 2.77. The van der Waals surface area contributed by atoms with Gasteiger partial charge < -0.3 is 15.0 Å². The minimum absolute atomic E-state index is 0.00722. The molecular formula is C16H17FN2O2. The Bertz CT molecular complexity index is 712. The zero-order valence-corrected chi connectivity index (χ0v) is 11.8. The monoisotopic (exact) mass is 288 g/mol. The number of fused-ring (bicyclic) bond motifs is 1. The quantitative estimate of drug-likeness (QED) is 0.913. The molecule has 1 aliphatic rings. The molecule has 1 unspecified atom stereocenters. The summed E-state index contributed by atoms with van der Waals surface area (Å²) in [6.07, 6.45) is 2.70. The number of nitrogens with one attached hydrogen (secondary N) is 2. The van der Waals surface area contributed by atoms with Crippen molar-refractivity contribution < 1.29 is 9.13 Å². The van der Waals surface area contributed by atoms with Crippen LogP contribution in [0.25, 0.3) is 0 Å². The van der Waals surface area contributed by atoms with Crippen LogP contribution in [0.15, 0.2) is 35.1 Å². The van der Waals surface area contributed by atoms with Gasteiger partial charge >= 0.3 is 0 Å². The van der Waals surface area contributed by atoms with Crippen LogP contribution in [0.1, 0.15) is 30.1 Å². The Labute approximate surface area is 122 Å². The zero-order chi connectivity index (χ0) is 14.8. The van der Waals surface area contributed by atoms with E-state index in [2.05, 4.69) is 10.3 Å². The summed E-state index contributed by atoms with van der Waals surface area (Å²) in [7, 11) is 1.55. The van der Waals surface area contributed by atoms with E-state index in [4.69, 9.17) is 4.74 Å². The van der Waals surface area contributed by atoms with Crippen molar-refractivity contribution in [2.75, 3.05) is 12.4 Å². The van der Waals surface area contributed by atoms with Crippen molar-refractivity contribution in [2.45, 2.75) is 25.3 Å². The summed E-state index contributed by atoms with van der Waals surface area (Å²) in [4.78, 5) is 14.3. The van der Waals surface area contributed by atoms with E-state index in [1.807, 2.05) is 6.07 Å². The molecule has 0 saturated heterocycles.